The van der Waals surface area contributed by atoms with E-state index in [1.54, 1.807) is 18.4 Å². The van der Waals surface area contributed by atoms with Crippen LogP contribution in [0.2, 0.25) is 0 Å². The lowest BCUT2D eigenvalue weighted by atomic mass is 10.0. The molecule has 21 heavy (non-hydrogen) atoms. The number of benzene rings is 1. The van der Waals surface area contributed by atoms with Gasteiger partial charge in [0.15, 0.2) is 0 Å². The van der Waals surface area contributed by atoms with E-state index < -0.39 is 6.10 Å². The fourth-order valence-electron chi connectivity index (χ4n) is 2.62. The lowest BCUT2D eigenvalue weighted by Crippen LogP contribution is -2.27. The van der Waals surface area contributed by atoms with Gasteiger partial charge in [-0.25, -0.2) is 0 Å². The van der Waals surface area contributed by atoms with E-state index in [4.69, 9.17) is 4.74 Å². The van der Waals surface area contributed by atoms with Crippen molar-refractivity contribution in [2.45, 2.75) is 25.0 Å². The molecule has 112 valence electrons. The first kappa shape index (κ1) is 14.6. The van der Waals surface area contributed by atoms with Crippen LogP contribution in [0.25, 0.3) is 0 Å². The predicted octanol–water partition coefficient (Wildman–Crippen LogP) is 3.53. The number of aliphatic hydroxyl groups is 1. The van der Waals surface area contributed by atoms with Gasteiger partial charge in [-0.05, 0) is 58.8 Å². The van der Waals surface area contributed by atoms with Crippen LogP contribution in [0, 0.1) is 5.92 Å². The Hall–Kier alpha value is -1.36. The van der Waals surface area contributed by atoms with Gasteiger partial charge in [-0.1, -0.05) is 12.1 Å². The Morgan fingerprint density at radius 1 is 1.24 bits per heavy atom. The normalized spacial score (nSPS) is 17.4. The summed E-state index contributed by atoms with van der Waals surface area (Å²) in [6.45, 7) is 0.587. The van der Waals surface area contributed by atoms with Crippen molar-refractivity contribution in [3.05, 3.63) is 52.2 Å². The first-order chi connectivity index (χ1) is 10.3. The maximum atomic E-state index is 10.2. The topological polar surface area (TPSA) is 41.5 Å². The second-order valence-corrected chi connectivity index (χ2v) is 6.35. The summed E-state index contributed by atoms with van der Waals surface area (Å²) in [5.41, 5.74) is 2.27. The van der Waals surface area contributed by atoms with Crippen LogP contribution < -0.4 is 10.1 Å². The zero-order chi connectivity index (χ0) is 14.7. The summed E-state index contributed by atoms with van der Waals surface area (Å²) in [4.78, 5) is 0. The van der Waals surface area contributed by atoms with Crippen molar-refractivity contribution in [2.75, 3.05) is 13.7 Å². The molecule has 4 heteroatoms. The van der Waals surface area contributed by atoms with E-state index in [0.29, 0.717) is 18.5 Å². The standard InChI is InChI=1S/C17H21NO2S/c1-20-15-6-4-13(5-7-15)17(12-2-3-12)18-10-16(19)14-8-9-21-11-14/h4-9,11-12,16-19H,2-3,10H2,1H3. The third kappa shape index (κ3) is 3.64. The maximum Gasteiger partial charge on any atom is 0.118 e. The molecule has 0 spiro atoms. The molecule has 2 aromatic rings. The van der Waals surface area contributed by atoms with Crippen molar-refractivity contribution in [2.24, 2.45) is 5.92 Å². The largest absolute Gasteiger partial charge is 0.497 e. The summed E-state index contributed by atoms with van der Waals surface area (Å²) in [7, 11) is 1.68. The number of thiophene rings is 1. The summed E-state index contributed by atoms with van der Waals surface area (Å²) in [5.74, 6) is 1.57. The minimum Gasteiger partial charge on any atom is -0.497 e. The molecular formula is C17H21NO2S. The molecule has 1 saturated carbocycles. The number of nitrogens with one attached hydrogen (secondary N) is 1. The summed E-state index contributed by atoms with van der Waals surface area (Å²) < 4.78 is 5.21. The molecular weight excluding hydrogens is 282 g/mol. The van der Waals surface area contributed by atoms with Crippen molar-refractivity contribution in [3.8, 4) is 5.75 Å². The van der Waals surface area contributed by atoms with E-state index >= 15 is 0 Å². The van der Waals surface area contributed by atoms with Gasteiger partial charge in [-0.15, -0.1) is 0 Å². The van der Waals surface area contributed by atoms with Crippen LogP contribution in [0.4, 0.5) is 0 Å². The van der Waals surface area contributed by atoms with Crippen LogP contribution >= 0.6 is 11.3 Å². The molecule has 2 unspecified atom stereocenters. The predicted molar refractivity (Wildman–Crippen MR) is 85.7 cm³/mol. The highest BCUT2D eigenvalue weighted by atomic mass is 32.1. The Kier molecular flexibility index (Phi) is 4.58. The van der Waals surface area contributed by atoms with Crippen LogP contribution in [-0.4, -0.2) is 18.8 Å². The number of aliphatic hydroxyl groups excluding tert-OH is 1. The Morgan fingerprint density at radius 2 is 2.00 bits per heavy atom. The van der Waals surface area contributed by atoms with E-state index in [2.05, 4.69) is 17.4 Å². The molecule has 2 atom stereocenters. The molecule has 0 saturated heterocycles. The van der Waals surface area contributed by atoms with Gasteiger partial charge in [0, 0.05) is 12.6 Å². The Morgan fingerprint density at radius 3 is 2.57 bits per heavy atom. The smallest absolute Gasteiger partial charge is 0.118 e. The second-order valence-electron chi connectivity index (χ2n) is 5.57. The van der Waals surface area contributed by atoms with Crippen molar-refractivity contribution >= 4 is 11.3 Å². The number of rotatable bonds is 7. The molecule has 0 amide bonds. The SMILES string of the molecule is COc1ccc(C(NCC(O)c2ccsc2)C2CC2)cc1. The quantitative estimate of drug-likeness (QED) is 0.822. The van der Waals surface area contributed by atoms with Gasteiger partial charge in [0.05, 0.1) is 13.2 Å². The van der Waals surface area contributed by atoms with Crippen molar-refractivity contribution < 1.29 is 9.84 Å². The number of methoxy groups -OCH3 is 1. The summed E-state index contributed by atoms with van der Waals surface area (Å²) >= 11 is 1.62. The maximum absolute atomic E-state index is 10.2. The van der Waals surface area contributed by atoms with E-state index in [0.717, 1.165) is 11.3 Å². The average molecular weight is 303 g/mol. The Balaban J connectivity index is 1.64. The van der Waals surface area contributed by atoms with Gasteiger partial charge >= 0.3 is 0 Å². The second kappa shape index (κ2) is 6.60. The Labute approximate surface area is 129 Å². The molecule has 0 radical (unpaired) electrons. The van der Waals surface area contributed by atoms with Crippen molar-refractivity contribution in [1.82, 2.24) is 5.32 Å². The molecule has 1 aromatic heterocycles. The Bertz CT molecular complexity index is 549. The summed E-state index contributed by atoms with van der Waals surface area (Å²) in [5, 5.41) is 17.8. The van der Waals surface area contributed by atoms with Gasteiger partial charge in [-0.3, -0.25) is 0 Å². The molecule has 2 N–H and O–H groups in total. The molecule has 1 aliphatic carbocycles. The molecule has 1 aromatic carbocycles. The molecule has 1 aliphatic rings. The van der Waals surface area contributed by atoms with Gasteiger partial charge in [0.1, 0.15) is 5.75 Å². The highest BCUT2D eigenvalue weighted by Crippen LogP contribution is 2.41. The van der Waals surface area contributed by atoms with Crippen molar-refractivity contribution in [3.63, 3.8) is 0 Å². The minimum absolute atomic E-state index is 0.323. The first-order valence-electron chi connectivity index (χ1n) is 7.35. The fraction of sp³-hybridized carbons (Fsp3) is 0.412. The fourth-order valence-corrected chi connectivity index (χ4v) is 3.33. The lowest BCUT2D eigenvalue weighted by Gasteiger charge is -2.21. The van der Waals surface area contributed by atoms with Crippen LogP contribution in [0.15, 0.2) is 41.1 Å². The van der Waals surface area contributed by atoms with Crippen LogP contribution in [0.1, 0.15) is 36.1 Å². The average Bonchev–Trinajstić information content (AvgIpc) is 3.20. The van der Waals surface area contributed by atoms with E-state index in [1.165, 1.54) is 18.4 Å². The van der Waals surface area contributed by atoms with E-state index in [-0.39, 0.29) is 0 Å². The molecule has 0 bridgehead atoms. The van der Waals surface area contributed by atoms with Gasteiger partial charge < -0.3 is 15.2 Å². The highest BCUT2D eigenvalue weighted by Gasteiger charge is 2.32. The van der Waals surface area contributed by atoms with Crippen molar-refractivity contribution in [1.29, 1.82) is 0 Å². The van der Waals surface area contributed by atoms with E-state index in [1.807, 2.05) is 29.0 Å². The molecule has 1 heterocycles. The minimum atomic E-state index is -0.434. The van der Waals surface area contributed by atoms with Gasteiger partial charge in [0.25, 0.3) is 0 Å². The molecule has 3 rings (SSSR count). The summed E-state index contributed by atoms with van der Waals surface area (Å²) in [6.07, 6.45) is 2.09. The van der Waals surface area contributed by atoms with E-state index in [9.17, 15) is 5.11 Å². The number of hydrogen-bond acceptors (Lipinski definition) is 4. The van der Waals surface area contributed by atoms with Crippen LogP contribution in [0.5, 0.6) is 5.75 Å². The third-order valence-electron chi connectivity index (χ3n) is 4.03. The third-order valence-corrected chi connectivity index (χ3v) is 4.73. The summed E-state index contributed by atoms with van der Waals surface area (Å²) in [6, 6.07) is 10.5. The molecule has 0 aliphatic heterocycles. The van der Waals surface area contributed by atoms with Gasteiger partial charge in [0.2, 0.25) is 0 Å². The number of ether oxygens (including phenoxy) is 1. The van der Waals surface area contributed by atoms with Gasteiger partial charge in [-0.2, -0.15) is 11.3 Å². The monoisotopic (exact) mass is 303 g/mol. The molecule has 3 nitrogen and oxygen atoms in total. The zero-order valence-electron chi connectivity index (χ0n) is 12.2. The lowest BCUT2D eigenvalue weighted by molar-refractivity contribution is 0.168. The first-order valence-corrected chi connectivity index (χ1v) is 8.29. The zero-order valence-corrected chi connectivity index (χ0v) is 13.0. The number of hydrogen-bond donors (Lipinski definition) is 2. The highest BCUT2D eigenvalue weighted by molar-refractivity contribution is 7.07. The van der Waals surface area contributed by atoms with Crippen LogP contribution in [0.3, 0.4) is 0 Å². The van der Waals surface area contributed by atoms with Crippen LogP contribution in [-0.2, 0) is 0 Å². The molecule has 1 fully saturated rings.